The summed E-state index contributed by atoms with van der Waals surface area (Å²) in [5.74, 6) is -0.359. The third kappa shape index (κ3) is 4.24. The average Bonchev–Trinajstić information content (AvgIpc) is 3.48. The molecule has 5 rings (SSSR count). The Kier molecular flexibility index (Phi) is 5.78. The van der Waals surface area contributed by atoms with Crippen molar-refractivity contribution in [2.45, 2.75) is 24.9 Å². The lowest BCUT2D eigenvalue weighted by molar-refractivity contribution is -0.119. The summed E-state index contributed by atoms with van der Waals surface area (Å²) in [6.07, 6.45) is 2.05. The van der Waals surface area contributed by atoms with Crippen molar-refractivity contribution in [1.29, 1.82) is 0 Å². The van der Waals surface area contributed by atoms with Crippen LogP contribution >= 0.6 is 11.3 Å². The Hall–Kier alpha value is -3.02. The molecule has 1 fully saturated rings. The third-order valence-corrected chi connectivity index (χ3v) is 6.76. The molecule has 31 heavy (non-hydrogen) atoms. The monoisotopic (exact) mass is 428 g/mol. The number of aromatic nitrogens is 1. The Bertz CT molecular complexity index is 1080. The van der Waals surface area contributed by atoms with Gasteiger partial charge in [0, 0.05) is 6.61 Å². The number of amides is 1. The topological polar surface area (TPSA) is 42.4 Å². The molecule has 1 atom stereocenters. The van der Waals surface area contributed by atoms with Crippen LogP contribution in [0.4, 0.5) is 5.13 Å². The normalized spacial score (nSPS) is 16.1. The van der Waals surface area contributed by atoms with Crippen LogP contribution in [-0.4, -0.2) is 30.1 Å². The summed E-state index contributed by atoms with van der Waals surface area (Å²) >= 11 is 1.56. The molecule has 2 heterocycles. The quantitative estimate of drug-likeness (QED) is 0.399. The van der Waals surface area contributed by atoms with Crippen LogP contribution in [0, 0.1) is 0 Å². The maximum absolute atomic E-state index is 14.1. The summed E-state index contributed by atoms with van der Waals surface area (Å²) in [6.45, 7) is 1.28. The van der Waals surface area contributed by atoms with Crippen molar-refractivity contribution in [1.82, 2.24) is 4.98 Å². The van der Waals surface area contributed by atoms with Gasteiger partial charge in [-0.25, -0.2) is 4.98 Å². The van der Waals surface area contributed by atoms with E-state index in [0.717, 1.165) is 45.9 Å². The molecule has 0 saturated carbocycles. The number of fused-ring (bicyclic) bond motifs is 1. The SMILES string of the molecule is O=C(C(c1ccccc1)c1ccccc1)N(C[C@@H]1CCCO1)c1nc2ccccc2s1. The summed E-state index contributed by atoms with van der Waals surface area (Å²) in [7, 11) is 0. The zero-order chi connectivity index (χ0) is 21.0. The molecule has 0 unspecified atom stereocenters. The minimum Gasteiger partial charge on any atom is -0.376 e. The highest BCUT2D eigenvalue weighted by atomic mass is 32.1. The van der Waals surface area contributed by atoms with Gasteiger partial charge in [-0.1, -0.05) is 84.1 Å². The largest absolute Gasteiger partial charge is 0.376 e. The number of rotatable bonds is 6. The molecule has 156 valence electrons. The van der Waals surface area contributed by atoms with Gasteiger partial charge in [0.25, 0.3) is 0 Å². The fourth-order valence-electron chi connectivity index (χ4n) is 4.15. The second-order valence-electron chi connectivity index (χ2n) is 7.80. The van der Waals surface area contributed by atoms with Gasteiger partial charge in [0.05, 0.1) is 28.8 Å². The van der Waals surface area contributed by atoms with Crippen LogP contribution in [-0.2, 0) is 9.53 Å². The molecular weight excluding hydrogens is 404 g/mol. The number of ether oxygens (including phenoxy) is 1. The zero-order valence-corrected chi connectivity index (χ0v) is 18.0. The van der Waals surface area contributed by atoms with Crippen LogP contribution in [0.5, 0.6) is 0 Å². The summed E-state index contributed by atoms with van der Waals surface area (Å²) in [6, 6.07) is 28.0. The van der Waals surface area contributed by atoms with Gasteiger partial charge in [0.15, 0.2) is 5.13 Å². The van der Waals surface area contributed by atoms with Crippen molar-refractivity contribution in [2.75, 3.05) is 18.1 Å². The Labute approximate surface area is 186 Å². The van der Waals surface area contributed by atoms with Crippen molar-refractivity contribution >= 4 is 32.6 Å². The number of carbonyl (C=O) groups is 1. The van der Waals surface area contributed by atoms with Crippen molar-refractivity contribution < 1.29 is 9.53 Å². The van der Waals surface area contributed by atoms with E-state index in [0.29, 0.717) is 6.54 Å². The van der Waals surface area contributed by atoms with E-state index in [1.54, 1.807) is 11.3 Å². The maximum Gasteiger partial charge on any atom is 0.240 e. The van der Waals surface area contributed by atoms with Crippen molar-refractivity contribution in [3.8, 4) is 0 Å². The number of thiazole rings is 1. The van der Waals surface area contributed by atoms with Crippen molar-refractivity contribution in [2.24, 2.45) is 0 Å². The van der Waals surface area contributed by atoms with Crippen LogP contribution in [0.15, 0.2) is 84.9 Å². The summed E-state index contributed by atoms with van der Waals surface area (Å²) in [5.41, 5.74) is 2.89. The number of hydrogen-bond donors (Lipinski definition) is 0. The van der Waals surface area contributed by atoms with E-state index in [1.807, 2.05) is 83.8 Å². The second kappa shape index (κ2) is 9.00. The lowest BCUT2D eigenvalue weighted by Crippen LogP contribution is -2.40. The van der Waals surface area contributed by atoms with E-state index in [9.17, 15) is 4.79 Å². The lowest BCUT2D eigenvalue weighted by atomic mass is 9.90. The maximum atomic E-state index is 14.1. The zero-order valence-electron chi connectivity index (χ0n) is 17.2. The molecule has 0 N–H and O–H groups in total. The van der Waals surface area contributed by atoms with Crippen LogP contribution in [0.3, 0.4) is 0 Å². The van der Waals surface area contributed by atoms with Gasteiger partial charge in [-0.15, -0.1) is 0 Å². The molecule has 1 aliphatic heterocycles. The van der Waals surface area contributed by atoms with Gasteiger partial charge in [-0.2, -0.15) is 0 Å². The molecule has 1 aliphatic rings. The smallest absolute Gasteiger partial charge is 0.240 e. The minimum atomic E-state index is -0.393. The van der Waals surface area contributed by atoms with E-state index >= 15 is 0 Å². The van der Waals surface area contributed by atoms with Gasteiger partial charge in [-0.3, -0.25) is 9.69 Å². The number of nitrogens with zero attached hydrogens (tertiary/aromatic N) is 2. The predicted octanol–water partition coefficient (Wildman–Crippen LogP) is 5.64. The number of hydrogen-bond acceptors (Lipinski definition) is 4. The fourth-order valence-corrected chi connectivity index (χ4v) is 5.13. The van der Waals surface area contributed by atoms with Gasteiger partial charge >= 0.3 is 0 Å². The number of para-hydroxylation sites is 1. The predicted molar refractivity (Wildman–Crippen MR) is 126 cm³/mol. The molecule has 0 bridgehead atoms. The highest BCUT2D eigenvalue weighted by Gasteiger charge is 2.32. The molecule has 4 aromatic rings. The molecule has 4 nitrogen and oxygen atoms in total. The first-order chi connectivity index (χ1) is 15.3. The molecule has 0 spiro atoms. The van der Waals surface area contributed by atoms with Gasteiger partial charge < -0.3 is 4.74 Å². The van der Waals surface area contributed by atoms with E-state index in [2.05, 4.69) is 6.07 Å². The lowest BCUT2D eigenvalue weighted by Gasteiger charge is -2.28. The Morgan fingerprint density at radius 1 is 0.968 bits per heavy atom. The minimum absolute atomic E-state index is 0.0342. The first kappa shape index (κ1) is 19.9. The average molecular weight is 429 g/mol. The van der Waals surface area contributed by atoms with E-state index in [4.69, 9.17) is 9.72 Å². The van der Waals surface area contributed by atoms with E-state index in [-0.39, 0.29) is 12.0 Å². The summed E-state index contributed by atoms with van der Waals surface area (Å²) in [4.78, 5) is 20.8. The molecule has 5 heteroatoms. The Morgan fingerprint density at radius 3 is 2.23 bits per heavy atom. The summed E-state index contributed by atoms with van der Waals surface area (Å²) < 4.78 is 6.99. The van der Waals surface area contributed by atoms with Crippen LogP contribution in [0.1, 0.15) is 29.9 Å². The Balaban J connectivity index is 1.58. The fraction of sp³-hybridized carbons (Fsp3) is 0.231. The van der Waals surface area contributed by atoms with E-state index in [1.165, 1.54) is 0 Å². The molecule has 3 aromatic carbocycles. The number of carbonyl (C=O) groups excluding carboxylic acids is 1. The number of benzene rings is 3. The van der Waals surface area contributed by atoms with Gasteiger partial charge in [-0.05, 0) is 36.1 Å². The first-order valence-electron chi connectivity index (χ1n) is 10.7. The number of anilines is 1. The van der Waals surface area contributed by atoms with Crippen molar-refractivity contribution in [3.05, 3.63) is 96.1 Å². The molecule has 1 amide bonds. The molecule has 0 aliphatic carbocycles. The van der Waals surface area contributed by atoms with E-state index < -0.39 is 5.92 Å². The highest BCUT2D eigenvalue weighted by molar-refractivity contribution is 7.22. The molecule has 1 aromatic heterocycles. The van der Waals surface area contributed by atoms with Gasteiger partial charge in [0.1, 0.15) is 0 Å². The third-order valence-electron chi connectivity index (χ3n) is 5.70. The standard InChI is InChI=1S/C26H24N2O2S/c29-25(24(19-10-3-1-4-11-19)20-12-5-2-6-13-20)28(18-21-14-9-17-30-21)26-27-22-15-7-8-16-23(22)31-26/h1-8,10-13,15-16,21,24H,9,14,17-18H2/t21-/m0/s1. The van der Waals surface area contributed by atoms with Crippen LogP contribution < -0.4 is 4.90 Å². The highest BCUT2D eigenvalue weighted by Crippen LogP contribution is 2.34. The first-order valence-corrected chi connectivity index (χ1v) is 11.5. The Morgan fingerprint density at radius 2 is 1.61 bits per heavy atom. The second-order valence-corrected chi connectivity index (χ2v) is 8.81. The van der Waals surface area contributed by atoms with Crippen LogP contribution in [0.2, 0.25) is 0 Å². The molecule has 0 radical (unpaired) electrons. The summed E-state index contributed by atoms with van der Waals surface area (Å²) in [5, 5.41) is 0.735. The molecular formula is C26H24N2O2S. The van der Waals surface area contributed by atoms with Gasteiger partial charge in [0.2, 0.25) is 5.91 Å². The molecule has 1 saturated heterocycles. The van der Waals surface area contributed by atoms with Crippen molar-refractivity contribution in [3.63, 3.8) is 0 Å². The van der Waals surface area contributed by atoms with Crippen LogP contribution in [0.25, 0.3) is 10.2 Å².